The van der Waals surface area contributed by atoms with Crippen molar-refractivity contribution in [3.63, 3.8) is 0 Å². The summed E-state index contributed by atoms with van der Waals surface area (Å²) in [6, 6.07) is 0. The molecule has 1 heteroatoms. The van der Waals surface area contributed by atoms with E-state index in [1.54, 1.807) is 0 Å². The number of hydrogen-bond donors (Lipinski definition) is 0. The van der Waals surface area contributed by atoms with Gasteiger partial charge in [0.05, 0.1) is 0 Å². The van der Waals surface area contributed by atoms with Crippen LogP contribution < -0.4 is 0 Å². The second-order valence-corrected chi connectivity index (χ2v) is 3.27. The highest BCUT2D eigenvalue weighted by molar-refractivity contribution is 7.59. The van der Waals surface area contributed by atoms with Gasteiger partial charge in [-0.25, -0.2) is 0 Å². The minimum absolute atomic E-state index is 0. The van der Waals surface area contributed by atoms with Crippen molar-refractivity contribution in [2.75, 3.05) is 0 Å². The average molecular weight is 178 g/mol. The van der Waals surface area contributed by atoms with Crippen molar-refractivity contribution in [1.29, 1.82) is 0 Å². The van der Waals surface area contributed by atoms with Gasteiger partial charge in [-0.05, 0) is 11.8 Å². The largest absolute Gasteiger partial charge is 0.197 e. The Bertz CT molecular complexity index is 65.3. The molecule has 0 spiro atoms. The van der Waals surface area contributed by atoms with E-state index in [1.165, 1.54) is 25.7 Å². The van der Waals surface area contributed by atoms with Gasteiger partial charge in [0, 0.05) is 0 Å². The molecule has 0 saturated heterocycles. The van der Waals surface area contributed by atoms with E-state index in [0.717, 1.165) is 0 Å². The van der Waals surface area contributed by atoms with E-state index < -0.39 is 0 Å². The van der Waals surface area contributed by atoms with Crippen molar-refractivity contribution < 1.29 is 0 Å². The first kappa shape index (κ1) is 17.4. The molecule has 0 aromatic carbocycles. The van der Waals surface area contributed by atoms with Gasteiger partial charge in [-0.15, -0.1) is 0 Å². The molecule has 0 radical (unpaired) electrons. The summed E-state index contributed by atoms with van der Waals surface area (Å²) in [5.74, 6) is 0. The molecule has 0 fully saturated rings. The summed E-state index contributed by atoms with van der Waals surface area (Å²) < 4.78 is 0. The van der Waals surface area contributed by atoms with Crippen molar-refractivity contribution >= 4 is 13.5 Å². The molecule has 0 aliphatic heterocycles. The first-order valence-electron chi connectivity index (χ1n) is 4.18. The SMILES string of the molecule is C.CCCC(C)(CC)CC.S. The Kier molecular flexibility index (Phi) is 13.4. The van der Waals surface area contributed by atoms with Crippen molar-refractivity contribution in [2.45, 2.75) is 60.8 Å². The Morgan fingerprint density at radius 2 is 1.36 bits per heavy atom. The van der Waals surface area contributed by atoms with E-state index in [-0.39, 0.29) is 20.9 Å². The monoisotopic (exact) mass is 178 g/mol. The second-order valence-electron chi connectivity index (χ2n) is 3.27. The van der Waals surface area contributed by atoms with Gasteiger partial charge in [-0.2, -0.15) is 13.5 Å². The molecular formula is C10H26S. The molecule has 0 N–H and O–H groups in total. The fourth-order valence-corrected chi connectivity index (χ4v) is 1.21. The lowest BCUT2D eigenvalue weighted by Crippen LogP contribution is -2.12. The summed E-state index contributed by atoms with van der Waals surface area (Å²) in [5.41, 5.74) is 0.634. The van der Waals surface area contributed by atoms with Crippen LogP contribution in [-0.2, 0) is 0 Å². The number of rotatable bonds is 4. The molecule has 0 amide bonds. The summed E-state index contributed by atoms with van der Waals surface area (Å²) >= 11 is 0. The lowest BCUT2D eigenvalue weighted by Gasteiger charge is -2.25. The summed E-state index contributed by atoms with van der Waals surface area (Å²) in [5, 5.41) is 0. The van der Waals surface area contributed by atoms with E-state index in [2.05, 4.69) is 27.7 Å². The highest BCUT2D eigenvalue weighted by Crippen LogP contribution is 2.30. The summed E-state index contributed by atoms with van der Waals surface area (Å²) in [6.07, 6.45) is 5.38. The standard InChI is InChI=1S/C9H20.CH4.H2S/c1-5-8-9(4,6-2)7-3;;/h5-8H2,1-4H3;1H4;1H2. The van der Waals surface area contributed by atoms with Gasteiger partial charge in [0.1, 0.15) is 0 Å². The van der Waals surface area contributed by atoms with Crippen LogP contribution in [0, 0.1) is 5.41 Å². The Labute approximate surface area is 80.2 Å². The molecule has 0 saturated carbocycles. The molecule has 0 aliphatic rings. The zero-order valence-corrected chi connectivity index (χ0v) is 8.83. The number of hydrogen-bond acceptors (Lipinski definition) is 0. The molecule has 0 bridgehead atoms. The molecule has 0 aromatic heterocycles. The maximum absolute atomic E-state index is 2.39. The molecule has 0 aromatic rings. The first-order chi connectivity index (χ1) is 4.18. The van der Waals surface area contributed by atoms with E-state index in [4.69, 9.17) is 0 Å². The summed E-state index contributed by atoms with van der Waals surface area (Å²) in [6.45, 7) is 9.23. The van der Waals surface area contributed by atoms with Crippen molar-refractivity contribution in [1.82, 2.24) is 0 Å². The molecule has 0 aliphatic carbocycles. The normalized spacial score (nSPS) is 9.82. The third-order valence-electron chi connectivity index (χ3n) is 2.56. The Morgan fingerprint density at radius 1 is 1.00 bits per heavy atom. The second kappa shape index (κ2) is 8.45. The Balaban J connectivity index is -0.000000320. The molecular weight excluding hydrogens is 152 g/mol. The van der Waals surface area contributed by atoms with Gasteiger partial charge in [-0.1, -0.05) is 54.4 Å². The van der Waals surface area contributed by atoms with Crippen molar-refractivity contribution in [2.24, 2.45) is 5.41 Å². The minimum atomic E-state index is 0. The Hall–Kier alpha value is 0.350. The van der Waals surface area contributed by atoms with Crippen LogP contribution in [0.4, 0.5) is 0 Å². The van der Waals surface area contributed by atoms with Crippen LogP contribution in [0.25, 0.3) is 0 Å². The van der Waals surface area contributed by atoms with Gasteiger partial charge in [0.2, 0.25) is 0 Å². The highest BCUT2D eigenvalue weighted by Gasteiger charge is 2.16. The van der Waals surface area contributed by atoms with Crippen LogP contribution in [0.1, 0.15) is 60.8 Å². The van der Waals surface area contributed by atoms with Crippen LogP contribution in [0.15, 0.2) is 0 Å². The fourth-order valence-electron chi connectivity index (χ4n) is 1.21. The highest BCUT2D eigenvalue weighted by atomic mass is 32.1. The maximum Gasteiger partial charge on any atom is -0.0331 e. The predicted molar refractivity (Wildman–Crippen MR) is 60.7 cm³/mol. The lowest BCUT2D eigenvalue weighted by atomic mass is 9.81. The van der Waals surface area contributed by atoms with E-state index >= 15 is 0 Å². The molecule has 0 heterocycles. The van der Waals surface area contributed by atoms with Gasteiger partial charge in [0.25, 0.3) is 0 Å². The van der Waals surface area contributed by atoms with Crippen LogP contribution in [0.5, 0.6) is 0 Å². The zero-order chi connectivity index (χ0) is 7.33. The fraction of sp³-hybridized carbons (Fsp3) is 1.00. The molecule has 11 heavy (non-hydrogen) atoms. The topological polar surface area (TPSA) is 0 Å². The van der Waals surface area contributed by atoms with Crippen molar-refractivity contribution in [3.8, 4) is 0 Å². The summed E-state index contributed by atoms with van der Waals surface area (Å²) in [7, 11) is 0. The molecule has 0 nitrogen and oxygen atoms in total. The molecule has 0 unspecified atom stereocenters. The third kappa shape index (κ3) is 6.74. The van der Waals surface area contributed by atoms with E-state index in [1.807, 2.05) is 0 Å². The predicted octanol–water partition coefficient (Wildman–Crippen LogP) is 4.36. The molecule has 0 atom stereocenters. The van der Waals surface area contributed by atoms with Crippen LogP contribution in [0.2, 0.25) is 0 Å². The Morgan fingerprint density at radius 3 is 1.45 bits per heavy atom. The van der Waals surface area contributed by atoms with Gasteiger partial charge in [-0.3, -0.25) is 0 Å². The minimum Gasteiger partial charge on any atom is -0.197 e. The average Bonchev–Trinajstić information content (AvgIpc) is 1.89. The quantitative estimate of drug-likeness (QED) is 0.600. The van der Waals surface area contributed by atoms with Crippen molar-refractivity contribution in [3.05, 3.63) is 0 Å². The molecule has 72 valence electrons. The van der Waals surface area contributed by atoms with Crippen LogP contribution in [-0.4, -0.2) is 0 Å². The van der Waals surface area contributed by atoms with Gasteiger partial charge in [0.15, 0.2) is 0 Å². The van der Waals surface area contributed by atoms with Crippen LogP contribution >= 0.6 is 13.5 Å². The summed E-state index contributed by atoms with van der Waals surface area (Å²) in [4.78, 5) is 0. The third-order valence-corrected chi connectivity index (χ3v) is 2.56. The zero-order valence-electron chi connectivity index (χ0n) is 7.83. The molecule has 0 rings (SSSR count). The van der Waals surface area contributed by atoms with Crippen LogP contribution in [0.3, 0.4) is 0 Å². The van der Waals surface area contributed by atoms with E-state index in [0.29, 0.717) is 5.41 Å². The smallest absolute Gasteiger partial charge is 0.0331 e. The van der Waals surface area contributed by atoms with Gasteiger partial charge < -0.3 is 0 Å². The van der Waals surface area contributed by atoms with E-state index in [9.17, 15) is 0 Å². The lowest BCUT2D eigenvalue weighted by molar-refractivity contribution is 0.270. The van der Waals surface area contributed by atoms with Gasteiger partial charge >= 0.3 is 0 Å². The first-order valence-corrected chi connectivity index (χ1v) is 4.18. The maximum atomic E-state index is 2.39.